The largest absolute Gasteiger partial charge is 0.310 e. The van der Waals surface area contributed by atoms with Gasteiger partial charge in [0, 0.05) is 24.4 Å². The van der Waals surface area contributed by atoms with E-state index in [4.69, 9.17) is 0 Å². The Morgan fingerprint density at radius 2 is 1.69 bits per heavy atom. The van der Waals surface area contributed by atoms with E-state index in [1.165, 1.54) is 64.2 Å². The minimum Gasteiger partial charge on any atom is -0.310 e. The van der Waals surface area contributed by atoms with Crippen LogP contribution in [0, 0.1) is 41.4 Å². The average molecular weight is 558 g/mol. The average Bonchev–Trinajstić information content (AvgIpc) is 3.05. The standard InChI is InChI=1S/C41H51N/c1-28-19-21-30(22-20-28)29(2)35-14-7-8-16-37(35)41(27-42-34-24-23-31-11-3-4-12-32(31)25-34)40-26-33-13-5-6-15-36(33)38-17-9-10-18-39(38)40/h3-5,7,10-14,18-19,23-24,26,30-32,34,36-38,41-42H,6,8-9,15-17,20-22,25,27H2,1-2H3/b35-29+. The molecular weight excluding hydrogens is 506 g/mol. The third-order valence-corrected chi connectivity index (χ3v) is 11.8. The van der Waals surface area contributed by atoms with Crippen LogP contribution in [0.1, 0.15) is 78.1 Å². The second-order valence-corrected chi connectivity index (χ2v) is 14.2. The minimum absolute atomic E-state index is 0.450. The highest BCUT2D eigenvalue weighted by Gasteiger charge is 2.38. The van der Waals surface area contributed by atoms with Crippen LogP contribution in [-0.4, -0.2) is 12.6 Å². The highest BCUT2D eigenvalue weighted by molar-refractivity contribution is 5.50. The Bertz CT molecular complexity index is 1350. The van der Waals surface area contributed by atoms with Crippen LogP contribution in [0.5, 0.6) is 0 Å². The van der Waals surface area contributed by atoms with Crippen LogP contribution >= 0.6 is 0 Å². The van der Waals surface area contributed by atoms with E-state index in [2.05, 4.69) is 104 Å². The highest BCUT2D eigenvalue weighted by atomic mass is 14.9. The summed E-state index contributed by atoms with van der Waals surface area (Å²) in [7, 11) is 0. The van der Waals surface area contributed by atoms with Crippen molar-refractivity contribution in [1.82, 2.24) is 5.32 Å². The lowest BCUT2D eigenvalue weighted by Gasteiger charge is -2.42. The SMILES string of the molecule is CC1=CCC(/C(C)=C2\C=CCCC2C(CNC2C=CC3C=CC=CC3C2)C2=C3C=CCCC3C3CCC=CC3=C2)CC1. The molecule has 0 aromatic carbocycles. The second kappa shape index (κ2) is 12.5. The van der Waals surface area contributed by atoms with E-state index in [-0.39, 0.29) is 0 Å². The van der Waals surface area contributed by atoms with Crippen LogP contribution in [0.2, 0.25) is 0 Å². The highest BCUT2D eigenvalue weighted by Crippen LogP contribution is 2.49. The van der Waals surface area contributed by atoms with Crippen LogP contribution in [0.25, 0.3) is 0 Å². The van der Waals surface area contributed by atoms with Gasteiger partial charge in [0.2, 0.25) is 0 Å². The fourth-order valence-corrected chi connectivity index (χ4v) is 9.30. The van der Waals surface area contributed by atoms with Gasteiger partial charge >= 0.3 is 0 Å². The fraction of sp³-hybridized carbons (Fsp3) is 0.512. The topological polar surface area (TPSA) is 12.0 Å². The zero-order valence-electron chi connectivity index (χ0n) is 26.0. The van der Waals surface area contributed by atoms with Gasteiger partial charge in [0.1, 0.15) is 0 Å². The first kappa shape index (κ1) is 28.1. The van der Waals surface area contributed by atoms with E-state index in [1.54, 1.807) is 33.4 Å². The molecule has 1 heteroatoms. The smallest absolute Gasteiger partial charge is 0.0256 e. The number of hydrogen-bond acceptors (Lipinski definition) is 1. The Morgan fingerprint density at radius 1 is 0.881 bits per heavy atom. The molecule has 220 valence electrons. The van der Waals surface area contributed by atoms with Crippen LogP contribution in [0.4, 0.5) is 0 Å². The van der Waals surface area contributed by atoms with E-state index in [0.29, 0.717) is 41.5 Å². The Balaban J connectivity index is 1.26. The third-order valence-electron chi connectivity index (χ3n) is 11.8. The molecule has 7 aliphatic carbocycles. The molecule has 0 amide bonds. The van der Waals surface area contributed by atoms with Gasteiger partial charge in [-0.15, -0.1) is 0 Å². The molecule has 8 unspecified atom stereocenters. The predicted octanol–water partition coefficient (Wildman–Crippen LogP) is 10.1. The summed E-state index contributed by atoms with van der Waals surface area (Å²) in [5.41, 5.74) is 9.87. The van der Waals surface area contributed by atoms with Crippen molar-refractivity contribution < 1.29 is 0 Å². The summed E-state index contributed by atoms with van der Waals surface area (Å²) < 4.78 is 0. The predicted molar refractivity (Wildman–Crippen MR) is 179 cm³/mol. The lowest BCUT2D eigenvalue weighted by atomic mass is 9.63. The molecule has 0 aromatic rings. The normalized spacial score (nSPS) is 37.0. The van der Waals surface area contributed by atoms with Gasteiger partial charge in [0.05, 0.1) is 0 Å². The first-order valence-electron chi connectivity index (χ1n) is 17.2. The lowest BCUT2D eigenvalue weighted by Crippen LogP contribution is -2.40. The van der Waals surface area contributed by atoms with Crippen molar-refractivity contribution in [2.24, 2.45) is 41.4 Å². The molecule has 7 rings (SSSR count). The van der Waals surface area contributed by atoms with E-state index in [0.717, 1.165) is 12.5 Å². The third kappa shape index (κ3) is 5.67. The minimum atomic E-state index is 0.450. The number of fused-ring (bicyclic) bond motifs is 4. The molecule has 0 heterocycles. The summed E-state index contributed by atoms with van der Waals surface area (Å²) in [6, 6.07) is 0.450. The van der Waals surface area contributed by atoms with Gasteiger partial charge in [-0.25, -0.2) is 0 Å². The number of rotatable bonds is 6. The summed E-state index contributed by atoms with van der Waals surface area (Å²) in [5.74, 6) is 4.40. The van der Waals surface area contributed by atoms with Gasteiger partial charge in [-0.1, -0.05) is 96.2 Å². The lowest BCUT2D eigenvalue weighted by molar-refractivity contribution is 0.332. The molecule has 1 N–H and O–H groups in total. The molecule has 7 aliphatic rings. The Labute approximate surface area is 255 Å². The van der Waals surface area contributed by atoms with E-state index in [1.807, 2.05) is 0 Å². The van der Waals surface area contributed by atoms with Crippen molar-refractivity contribution >= 4 is 0 Å². The summed E-state index contributed by atoms with van der Waals surface area (Å²) in [6.07, 6.45) is 46.9. The number of allylic oxidation sites excluding steroid dienone is 18. The van der Waals surface area contributed by atoms with Crippen LogP contribution in [0.3, 0.4) is 0 Å². The maximum Gasteiger partial charge on any atom is 0.0256 e. The Kier molecular flexibility index (Phi) is 8.40. The summed E-state index contributed by atoms with van der Waals surface area (Å²) >= 11 is 0. The molecule has 0 bridgehead atoms. The number of hydrogen-bond donors (Lipinski definition) is 1. The van der Waals surface area contributed by atoms with Crippen molar-refractivity contribution in [3.8, 4) is 0 Å². The van der Waals surface area contributed by atoms with Crippen molar-refractivity contribution in [1.29, 1.82) is 0 Å². The molecule has 0 aliphatic heterocycles. The molecule has 0 saturated heterocycles. The van der Waals surface area contributed by atoms with Crippen molar-refractivity contribution in [3.05, 3.63) is 119 Å². The first-order chi connectivity index (χ1) is 20.7. The molecule has 0 saturated carbocycles. The van der Waals surface area contributed by atoms with Crippen molar-refractivity contribution in [2.45, 2.75) is 84.1 Å². The van der Waals surface area contributed by atoms with Crippen molar-refractivity contribution in [2.75, 3.05) is 6.54 Å². The molecule has 0 fully saturated rings. The molecule has 0 spiro atoms. The van der Waals surface area contributed by atoms with Crippen LogP contribution in [0.15, 0.2) is 119 Å². The van der Waals surface area contributed by atoms with E-state index >= 15 is 0 Å². The van der Waals surface area contributed by atoms with Crippen LogP contribution in [-0.2, 0) is 0 Å². The molecule has 42 heavy (non-hydrogen) atoms. The fourth-order valence-electron chi connectivity index (χ4n) is 9.30. The molecular formula is C41H51N. The zero-order chi connectivity index (χ0) is 28.5. The maximum atomic E-state index is 4.16. The quantitative estimate of drug-likeness (QED) is 0.320. The van der Waals surface area contributed by atoms with Gasteiger partial charge in [0.25, 0.3) is 0 Å². The summed E-state index contributed by atoms with van der Waals surface area (Å²) in [6.45, 7) is 5.86. The molecule has 0 radical (unpaired) electrons. The maximum absolute atomic E-state index is 4.16. The summed E-state index contributed by atoms with van der Waals surface area (Å²) in [5, 5.41) is 4.16. The number of nitrogens with one attached hydrogen (secondary N) is 1. The Hall–Kier alpha value is -2.64. The summed E-state index contributed by atoms with van der Waals surface area (Å²) in [4.78, 5) is 0. The molecule has 1 nitrogen and oxygen atoms in total. The molecule has 8 atom stereocenters. The van der Waals surface area contributed by atoms with E-state index in [9.17, 15) is 0 Å². The van der Waals surface area contributed by atoms with Crippen molar-refractivity contribution in [3.63, 3.8) is 0 Å². The van der Waals surface area contributed by atoms with Gasteiger partial charge in [0.15, 0.2) is 0 Å². The van der Waals surface area contributed by atoms with Crippen LogP contribution < -0.4 is 5.32 Å². The monoisotopic (exact) mass is 557 g/mol. The zero-order valence-corrected chi connectivity index (χ0v) is 26.0. The molecule has 0 aromatic heterocycles. The van der Waals surface area contributed by atoms with E-state index < -0.39 is 0 Å². The van der Waals surface area contributed by atoms with Gasteiger partial charge in [-0.3, -0.25) is 0 Å². The van der Waals surface area contributed by atoms with Gasteiger partial charge in [-0.05, 0) is 130 Å². The van der Waals surface area contributed by atoms with Gasteiger partial charge in [-0.2, -0.15) is 0 Å². The Morgan fingerprint density at radius 3 is 2.57 bits per heavy atom. The first-order valence-corrected chi connectivity index (χ1v) is 17.2. The van der Waals surface area contributed by atoms with Gasteiger partial charge < -0.3 is 5.32 Å². The second-order valence-electron chi connectivity index (χ2n) is 14.2.